The zero-order chi connectivity index (χ0) is 31.5. The van der Waals surface area contributed by atoms with Crippen molar-refractivity contribution in [3.8, 4) is 0 Å². The van der Waals surface area contributed by atoms with Gasteiger partial charge in [-0.3, -0.25) is 4.79 Å². The van der Waals surface area contributed by atoms with E-state index in [2.05, 4.69) is 32.6 Å². The van der Waals surface area contributed by atoms with Gasteiger partial charge in [-0.2, -0.15) is 0 Å². The average molecular weight is 606 g/mol. The molecule has 0 aliphatic rings. The molecule has 0 aliphatic carbocycles. The largest absolute Gasteiger partial charge is 0.342 e. The maximum Gasteiger partial charge on any atom is 0.225 e. The normalized spacial score (nSPS) is 12.2. The van der Waals surface area contributed by atoms with Crippen molar-refractivity contribution in [3.63, 3.8) is 0 Å². The Kier molecular flexibility index (Phi) is 35.5. The Morgan fingerprint density at radius 3 is 0.791 bits per heavy atom. The lowest BCUT2D eigenvalue weighted by Crippen LogP contribution is -2.36. The fourth-order valence-electron chi connectivity index (χ4n) is 6.52. The first-order chi connectivity index (χ1) is 21.2. The van der Waals surface area contributed by atoms with Crippen LogP contribution >= 0.6 is 0 Å². The van der Waals surface area contributed by atoms with E-state index in [1.54, 1.807) is 0 Å². The number of rotatable bonds is 36. The van der Waals surface area contributed by atoms with E-state index in [1.807, 2.05) is 0 Å². The number of carbonyl (C=O) groups excluding carboxylic acids is 1. The number of hydrogen-bond donors (Lipinski definition) is 0. The summed E-state index contributed by atoms with van der Waals surface area (Å²) in [5.74, 6) is 0.589. The second-order valence-electron chi connectivity index (χ2n) is 14.2. The minimum Gasteiger partial charge on any atom is -0.342 e. The fraction of sp³-hybridized carbons (Fsp3) is 0.976. The summed E-state index contributed by atoms with van der Waals surface area (Å²) in [4.78, 5) is 15.2. The highest BCUT2D eigenvalue weighted by Crippen LogP contribution is 2.17. The van der Waals surface area contributed by atoms with Crippen molar-refractivity contribution in [2.75, 3.05) is 13.1 Å². The van der Waals surface area contributed by atoms with Gasteiger partial charge in [0.15, 0.2) is 0 Å². The van der Waals surface area contributed by atoms with Crippen LogP contribution in [0.4, 0.5) is 0 Å². The Morgan fingerprint density at radius 1 is 0.372 bits per heavy atom. The lowest BCUT2D eigenvalue weighted by atomic mass is 10.0. The highest BCUT2D eigenvalue weighted by atomic mass is 16.2. The minimum absolute atomic E-state index is 0.183. The van der Waals surface area contributed by atoms with Gasteiger partial charge in [-0.25, -0.2) is 0 Å². The molecular weight excluding hydrogens is 522 g/mol. The van der Waals surface area contributed by atoms with Crippen LogP contribution in [0.1, 0.15) is 240 Å². The fourth-order valence-corrected chi connectivity index (χ4v) is 6.52. The van der Waals surface area contributed by atoms with Crippen LogP contribution in [-0.4, -0.2) is 23.9 Å². The van der Waals surface area contributed by atoms with Gasteiger partial charge in [-0.15, -0.1) is 0 Å². The Labute approximate surface area is 273 Å². The molecule has 0 bridgehead atoms. The monoisotopic (exact) mass is 606 g/mol. The lowest BCUT2D eigenvalue weighted by Gasteiger charge is -2.25. The van der Waals surface area contributed by atoms with Crippen LogP contribution in [0.3, 0.4) is 0 Å². The van der Waals surface area contributed by atoms with E-state index in [9.17, 15) is 4.79 Å². The number of nitrogens with zero attached hydrogens (tertiary/aromatic N) is 1. The second kappa shape index (κ2) is 35.9. The summed E-state index contributed by atoms with van der Waals surface area (Å²) in [6.07, 6.45) is 45.9. The highest BCUT2D eigenvalue weighted by Gasteiger charge is 2.18. The van der Waals surface area contributed by atoms with Gasteiger partial charge in [0.1, 0.15) is 0 Å². The third-order valence-electron chi connectivity index (χ3n) is 9.91. The lowest BCUT2D eigenvalue weighted by molar-refractivity contribution is -0.135. The van der Waals surface area contributed by atoms with E-state index in [0.29, 0.717) is 5.91 Å². The SMILES string of the molecule is CCCCCCCCCCCCCCCCCCN(CCCCCCCCCCCCCCCCCC)C(=O)C(C)CC. The first-order valence-electron chi connectivity index (χ1n) is 20.5. The molecule has 0 heterocycles. The van der Waals surface area contributed by atoms with Crippen LogP contribution in [0.25, 0.3) is 0 Å². The summed E-state index contributed by atoms with van der Waals surface area (Å²) in [6, 6.07) is 0. The van der Waals surface area contributed by atoms with E-state index in [1.165, 1.54) is 205 Å². The molecule has 0 radical (unpaired) electrons. The van der Waals surface area contributed by atoms with Crippen LogP contribution in [0.5, 0.6) is 0 Å². The predicted molar refractivity (Wildman–Crippen MR) is 195 cm³/mol. The molecule has 0 aliphatic heterocycles. The Bertz CT molecular complexity index is 496. The van der Waals surface area contributed by atoms with Crippen LogP contribution in [0, 0.1) is 5.92 Å². The molecule has 0 spiro atoms. The maximum atomic E-state index is 13.0. The molecular formula is C41H83NO. The molecule has 2 heteroatoms. The summed E-state index contributed by atoms with van der Waals surface area (Å²) < 4.78 is 0. The van der Waals surface area contributed by atoms with Crippen molar-refractivity contribution in [2.45, 2.75) is 240 Å². The van der Waals surface area contributed by atoms with Gasteiger partial charge in [0.05, 0.1) is 0 Å². The Hall–Kier alpha value is -0.530. The number of carbonyl (C=O) groups is 1. The third kappa shape index (κ3) is 31.2. The molecule has 1 atom stereocenters. The molecule has 0 saturated heterocycles. The third-order valence-corrected chi connectivity index (χ3v) is 9.91. The highest BCUT2D eigenvalue weighted by molar-refractivity contribution is 5.78. The Morgan fingerprint density at radius 2 is 0.581 bits per heavy atom. The van der Waals surface area contributed by atoms with Gasteiger partial charge in [-0.1, -0.05) is 220 Å². The van der Waals surface area contributed by atoms with Crippen molar-refractivity contribution in [2.24, 2.45) is 5.92 Å². The zero-order valence-corrected chi connectivity index (χ0v) is 30.7. The van der Waals surface area contributed by atoms with Gasteiger partial charge in [0.25, 0.3) is 0 Å². The molecule has 2 nitrogen and oxygen atoms in total. The van der Waals surface area contributed by atoms with Crippen molar-refractivity contribution in [1.29, 1.82) is 0 Å². The molecule has 0 aromatic heterocycles. The van der Waals surface area contributed by atoms with Crippen LogP contribution in [0.15, 0.2) is 0 Å². The first-order valence-corrected chi connectivity index (χ1v) is 20.5. The standard InChI is InChI=1S/C41H83NO/c1-5-8-10-12-14-16-18-20-22-24-26-28-30-32-34-36-38-42(41(43)40(4)7-3)39-37-35-33-31-29-27-25-23-21-19-17-15-13-11-9-6-2/h40H,5-39H2,1-4H3. The molecule has 0 aromatic rings. The zero-order valence-electron chi connectivity index (χ0n) is 30.7. The molecule has 0 aromatic carbocycles. The van der Waals surface area contributed by atoms with E-state index >= 15 is 0 Å². The van der Waals surface area contributed by atoms with Crippen LogP contribution in [0.2, 0.25) is 0 Å². The van der Waals surface area contributed by atoms with Crippen LogP contribution in [-0.2, 0) is 4.79 Å². The number of amides is 1. The predicted octanol–water partition coefficient (Wildman–Crippen LogP) is 14.4. The molecule has 258 valence electrons. The van der Waals surface area contributed by atoms with Crippen molar-refractivity contribution >= 4 is 5.91 Å². The van der Waals surface area contributed by atoms with Gasteiger partial charge < -0.3 is 4.90 Å². The molecule has 1 unspecified atom stereocenters. The quantitative estimate of drug-likeness (QED) is 0.0650. The van der Waals surface area contributed by atoms with Gasteiger partial charge in [0.2, 0.25) is 5.91 Å². The van der Waals surface area contributed by atoms with E-state index in [0.717, 1.165) is 19.5 Å². The van der Waals surface area contributed by atoms with Gasteiger partial charge in [0, 0.05) is 19.0 Å². The van der Waals surface area contributed by atoms with Crippen molar-refractivity contribution in [3.05, 3.63) is 0 Å². The molecule has 0 N–H and O–H groups in total. The smallest absolute Gasteiger partial charge is 0.225 e. The second-order valence-corrected chi connectivity index (χ2v) is 14.2. The topological polar surface area (TPSA) is 20.3 Å². The van der Waals surface area contributed by atoms with E-state index in [-0.39, 0.29) is 5.92 Å². The van der Waals surface area contributed by atoms with E-state index in [4.69, 9.17) is 0 Å². The summed E-state index contributed by atoms with van der Waals surface area (Å²) in [5.41, 5.74) is 0. The summed E-state index contributed by atoms with van der Waals surface area (Å²) >= 11 is 0. The van der Waals surface area contributed by atoms with Gasteiger partial charge in [-0.05, 0) is 19.3 Å². The minimum atomic E-state index is 0.183. The first kappa shape index (κ1) is 42.5. The van der Waals surface area contributed by atoms with Gasteiger partial charge >= 0.3 is 0 Å². The number of hydrogen-bond acceptors (Lipinski definition) is 1. The number of unbranched alkanes of at least 4 members (excludes halogenated alkanes) is 30. The average Bonchev–Trinajstić information content (AvgIpc) is 3.02. The summed E-state index contributed by atoms with van der Waals surface area (Å²) in [7, 11) is 0. The Balaban J connectivity index is 3.69. The summed E-state index contributed by atoms with van der Waals surface area (Å²) in [6.45, 7) is 10.9. The maximum absolute atomic E-state index is 13.0. The molecule has 0 saturated carbocycles. The molecule has 0 fully saturated rings. The van der Waals surface area contributed by atoms with Crippen LogP contribution < -0.4 is 0 Å². The van der Waals surface area contributed by atoms with E-state index < -0.39 is 0 Å². The van der Waals surface area contributed by atoms with Crippen molar-refractivity contribution < 1.29 is 4.79 Å². The summed E-state index contributed by atoms with van der Waals surface area (Å²) in [5, 5.41) is 0. The molecule has 1 amide bonds. The van der Waals surface area contributed by atoms with Crippen molar-refractivity contribution in [1.82, 2.24) is 4.90 Å². The molecule has 0 rings (SSSR count). The molecule has 43 heavy (non-hydrogen) atoms.